The molecule has 0 radical (unpaired) electrons. The third-order valence-electron chi connectivity index (χ3n) is 3.97. The number of aromatic nitrogens is 1. The molecule has 0 aliphatic rings. The number of nitrogens with one attached hydrogen (secondary N) is 2. The second-order valence-electron chi connectivity index (χ2n) is 5.58. The Morgan fingerprint density at radius 3 is 2.19 bits per heavy atom. The van der Waals surface area contributed by atoms with Crippen LogP contribution in [0.25, 0.3) is 11.1 Å². The number of pyridine rings is 1. The minimum absolute atomic E-state index is 0.280. The Bertz CT molecular complexity index is 805. The van der Waals surface area contributed by atoms with E-state index in [1.54, 1.807) is 36.5 Å². The lowest BCUT2D eigenvalue weighted by molar-refractivity contribution is -0.140. The Balaban J connectivity index is 2.22. The van der Waals surface area contributed by atoms with Crippen LogP contribution in [0.3, 0.4) is 0 Å². The van der Waals surface area contributed by atoms with Gasteiger partial charge in [0.25, 0.3) is 17.7 Å². The molecule has 0 saturated heterocycles. The number of likely N-dealkylation sites (N-methyl/N-ethyl adjacent to an activating group) is 2. The third kappa shape index (κ3) is 4.39. The fraction of sp³-hybridized carbons (Fsp3) is 0.222. The maximum atomic E-state index is 12.6. The Morgan fingerprint density at radius 2 is 1.70 bits per heavy atom. The van der Waals surface area contributed by atoms with E-state index in [0.717, 1.165) is 16.0 Å². The van der Waals surface area contributed by atoms with Crippen molar-refractivity contribution < 1.29 is 24.3 Å². The summed E-state index contributed by atoms with van der Waals surface area (Å²) in [5, 5.41) is 11.1. The summed E-state index contributed by atoms with van der Waals surface area (Å²) in [7, 11) is 4.16. The molecule has 2 rings (SSSR count). The number of hydrogen-bond acceptors (Lipinski definition) is 6. The molecule has 1 heterocycles. The SMILES string of the molecule is CNC(=O)C(C(=O)NO)N(C)C(=O)c1ccc(-c2ccc(OC)nc2)cc1. The number of carbonyl (C=O) groups excluding carboxylic acids is 3. The predicted octanol–water partition coefficient (Wildman–Crippen LogP) is 0.449. The summed E-state index contributed by atoms with van der Waals surface area (Å²) >= 11 is 0. The fourth-order valence-electron chi connectivity index (χ4n) is 2.47. The van der Waals surface area contributed by atoms with Crippen molar-refractivity contribution in [3.8, 4) is 17.0 Å². The molecule has 3 amide bonds. The standard InChI is InChI=1S/C18H20N4O5/c1-19-16(23)15(17(24)21-26)22(2)18(25)12-6-4-11(5-7-12)13-8-9-14(27-3)20-10-13/h4-10,15,26H,1-3H3,(H,19,23)(H,21,24). The Hall–Kier alpha value is -3.46. The highest BCUT2D eigenvalue weighted by molar-refractivity contribution is 6.08. The summed E-state index contributed by atoms with van der Waals surface area (Å²) in [6, 6.07) is 8.67. The monoisotopic (exact) mass is 372 g/mol. The first-order valence-electron chi connectivity index (χ1n) is 7.96. The molecule has 9 nitrogen and oxygen atoms in total. The van der Waals surface area contributed by atoms with Crippen LogP contribution < -0.4 is 15.5 Å². The van der Waals surface area contributed by atoms with Gasteiger partial charge in [-0.1, -0.05) is 12.1 Å². The highest BCUT2D eigenvalue weighted by Gasteiger charge is 2.33. The number of amides is 3. The summed E-state index contributed by atoms with van der Waals surface area (Å²) in [5.74, 6) is -1.79. The number of nitrogens with zero attached hydrogens (tertiary/aromatic N) is 2. The van der Waals surface area contributed by atoms with Crippen LogP contribution in [0.5, 0.6) is 5.88 Å². The van der Waals surface area contributed by atoms with E-state index in [4.69, 9.17) is 9.94 Å². The molecule has 0 spiro atoms. The van der Waals surface area contributed by atoms with Crippen molar-refractivity contribution in [3.05, 3.63) is 48.2 Å². The first kappa shape index (κ1) is 19.9. The second kappa shape index (κ2) is 8.77. The average Bonchev–Trinajstić information content (AvgIpc) is 2.73. The molecule has 1 aromatic heterocycles. The van der Waals surface area contributed by atoms with Crippen molar-refractivity contribution in [3.63, 3.8) is 0 Å². The van der Waals surface area contributed by atoms with Gasteiger partial charge >= 0.3 is 0 Å². The van der Waals surface area contributed by atoms with E-state index < -0.39 is 23.8 Å². The van der Waals surface area contributed by atoms with E-state index in [9.17, 15) is 14.4 Å². The molecule has 0 aliphatic carbocycles. The van der Waals surface area contributed by atoms with Gasteiger partial charge in [0.2, 0.25) is 5.88 Å². The first-order valence-corrected chi connectivity index (χ1v) is 7.96. The first-order chi connectivity index (χ1) is 12.9. The zero-order chi connectivity index (χ0) is 20.0. The lowest BCUT2D eigenvalue weighted by atomic mass is 10.0. The average molecular weight is 372 g/mol. The number of benzene rings is 1. The quantitative estimate of drug-likeness (QED) is 0.385. The van der Waals surface area contributed by atoms with Crippen LogP contribution >= 0.6 is 0 Å². The van der Waals surface area contributed by atoms with Crippen LogP contribution in [-0.4, -0.2) is 60.1 Å². The lowest BCUT2D eigenvalue weighted by Crippen LogP contribution is -2.54. The van der Waals surface area contributed by atoms with E-state index in [2.05, 4.69) is 10.3 Å². The normalized spacial score (nSPS) is 11.3. The van der Waals surface area contributed by atoms with Crippen molar-refractivity contribution in [2.75, 3.05) is 21.2 Å². The number of rotatable bonds is 6. The third-order valence-corrected chi connectivity index (χ3v) is 3.97. The van der Waals surface area contributed by atoms with Crippen LogP contribution in [0, 0.1) is 0 Å². The number of ether oxygens (including phenoxy) is 1. The Labute approximate surface area is 155 Å². The lowest BCUT2D eigenvalue weighted by Gasteiger charge is -2.25. The Morgan fingerprint density at radius 1 is 1.07 bits per heavy atom. The number of methoxy groups -OCH3 is 1. The molecule has 9 heteroatoms. The largest absolute Gasteiger partial charge is 0.481 e. The van der Waals surface area contributed by atoms with Crippen LogP contribution in [-0.2, 0) is 9.59 Å². The zero-order valence-corrected chi connectivity index (χ0v) is 15.1. The predicted molar refractivity (Wildman–Crippen MR) is 96.1 cm³/mol. The van der Waals surface area contributed by atoms with Crippen molar-refractivity contribution in [2.45, 2.75) is 6.04 Å². The van der Waals surface area contributed by atoms with Crippen LogP contribution in [0.1, 0.15) is 10.4 Å². The van der Waals surface area contributed by atoms with E-state index in [-0.39, 0.29) is 5.56 Å². The smallest absolute Gasteiger partial charge is 0.275 e. The van der Waals surface area contributed by atoms with Crippen molar-refractivity contribution in [1.29, 1.82) is 0 Å². The van der Waals surface area contributed by atoms with Gasteiger partial charge in [0.05, 0.1) is 7.11 Å². The van der Waals surface area contributed by atoms with Crippen molar-refractivity contribution in [1.82, 2.24) is 20.7 Å². The van der Waals surface area contributed by atoms with Gasteiger partial charge in [0.1, 0.15) is 0 Å². The van der Waals surface area contributed by atoms with E-state index in [1.807, 2.05) is 6.07 Å². The second-order valence-corrected chi connectivity index (χ2v) is 5.58. The van der Waals surface area contributed by atoms with Crippen LogP contribution in [0.4, 0.5) is 0 Å². The molecule has 1 unspecified atom stereocenters. The molecular weight excluding hydrogens is 352 g/mol. The fourth-order valence-corrected chi connectivity index (χ4v) is 2.47. The summed E-state index contributed by atoms with van der Waals surface area (Å²) in [6.07, 6.45) is 1.65. The summed E-state index contributed by atoms with van der Waals surface area (Å²) < 4.78 is 5.02. The minimum Gasteiger partial charge on any atom is -0.481 e. The van der Waals surface area contributed by atoms with Gasteiger partial charge < -0.3 is 15.0 Å². The summed E-state index contributed by atoms with van der Waals surface area (Å²) in [6.45, 7) is 0. The summed E-state index contributed by atoms with van der Waals surface area (Å²) in [4.78, 5) is 41.3. The molecule has 142 valence electrons. The van der Waals surface area contributed by atoms with Crippen LogP contribution in [0.15, 0.2) is 42.6 Å². The topological polar surface area (TPSA) is 121 Å². The Kier molecular flexibility index (Phi) is 6.45. The van der Waals surface area contributed by atoms with Crippen LogP contribution in [0.2, 0.25) is 0 Å². The molecule has 3 N–H and O–H groups in total. The van der Waals surface area contributed by atoms with Gasteiger partial charge in [0, 0.05) is 37.5 Å². The molecular formula is C18H20N4O5. The van der Waals surface area contributed by atoms with Gasteiger partial charge in [0.15, 0.2) is 6.04 Å². The zero-order valence-electron chi connectivity index (χ0n) is 15.1. The highest BCUT2D eigenvalue weighted by atomic mass is 16.5. The highest BCUT2D eigenvalue weighted by Crippen LogP contribution is 2.21. The van der Waals surface area contributed by atoms with Gasteiger partial charge in [-0.15, -0.1) is 0 Å². The number of carbonyl (C=O) groups is 3. The van der Waals surface area contributed by atoms with Gasteiger partial charge in [-0.2, -0.15) is 0 Å². The summed E-state index contributed by atoms with van der Waals surface area (Å²) in [5.41, 5.74) is 3.35. The molecule has 0 saturated carbocycles. The van der Waals surface area contributed by atoms with E-state index in [0.29, 0.717) is 5.88 Å². The molecule has 0 fully saturated rings. The number of hydrogen-bond donors (Lipinski definition) is 3. The van der Waals surface area contributed by atoms with Crippen molar-refractivity contribution >= 4 is 17.7 Å². The van der Waals surface area contributed by atoms with E-state index in [1.165, 1.54) is 26.7 Å². The molecule has 27 heavy (non-hydrogen) atoms. The van der Waals surface area contributed by atoms with Gasteiger partial charge in [-0.05, 0) is 23.8 Å². The minimum atomic E-state index is -1.50. The molecule has 2 aromatic rings. The van der Waals surface area contributed by atoms with E-state index >= 15 is 0 Å². The maximum absolute atomic E-state index is 12.6. The molecule has 0 bridgehead atoms. The number of hydroxylamine groups is 1. The van der Waals surface area contributed by atoms with Gasteiger partial charge in [-0.3, -0.25) is 19.6 Å². The molecule has 0 aliphatic heterocycles. The maximum Gasteiger partial charge on any atom is 0.275 e. The van der Waals surface area contributed by atoms with Crippen molar-refractivity contribution in [2.24, 2.45) is 0 Å². The molecule has 1 aromatic carbocycles. The van der Waals surface area contributed by atoms with Gasteiger partial charge in [-0.25, -0.2) is 10.5 Å². The molecule has 1 atom stereocenters.